The van der Waals surface area contributed by atoms with Crippen molar-refractivity contribution < 1.29 is 13.2 Å². The summed E-state index contributed by atoms with van der Waals surface area (Å²) in [5.74, 6) is -0.196. The number of sulfone groups is 1. The van der Waals surface area contributed by atoms with Crippen molar-refractivity contribution in [1.82, 2.24) is 4.98 Å². The van der Waals surface area contributed by atoms with E-state index in [4.69, 9.17) is 0 Å². The quantitative estimate of drug-likeness (QED) is 0.657. The van der Waals surface area contributed by atoms with Gasteiger partial charge in [-0.25, -0.2) is 8.42 Å². The van der Waals surface area contributed by atoms with Gasteiger partial charge in [0.1, 0.15) is 0 Å². The normalized spacial score (nSPS) is 11.2. The van der Waals surface area contributed by atoms with Gasteiger partial charge in [0.25, 0.3) is 0 Å². The molecule has 0 saturated carbocycles. The number of rotatable bonds is 2. The van der Waals surface area contributed by atoms with Crippen LogP contribution in [0.15, 0.2) is 23.4 Å². The van der Waals surface area contributed by atoms with Gasteiger partial charge in [-0.05, 0) is 13.0 Å². The van der Waals surface area contributed by atoms with Crippen LogP contribution in [-0.4, -0.2) is 25.4 Å². The molecule has 0 saturated heterocycles. The van der Waals surface area contributed by atoms with Crippen LogP contribution in [0, 0.1) is 0 Å². The van der Waals surface area contributed by atoms with E-state index in [-0.39, 0.29) is 10.7 Å². The van der Waals surface area contributed by atoms with E-state index < -0.39 is 9.84 Å². The fraction of sp³-hybridized carbons (Fsp3) is 0.250. The van der Waals surface area contributed by atoms with Crippen LogP contribution >= 0.6 is 0 Å². The van der Waals surface area contributed by atoms with Crippen molar-refractivity contribution in [2.45, 2.75) is 11.8 Å². The highest BCUT2D eigenvalue weighted by atomic mass is 32.2. The number of pyridine rings is 1. The molecule has 0 aliphatic heterocycles. The molecule has 1 aromatic rings. The predicted octanol–water partition coefficient (Wildman–Crippen LogP) is 0.688. The summed E-state index contributed by atoms with van der Waals surface area (Å²) in [6.45, 7) is 1.36. The van der Waals surface area contributed by atoms with Crippen LogP contribution in [0.25, 0.3) is 0 Å². The maximum Gasteiger partial charge on any atom is 0.177 e. The molecule has 1 heterocycles. The molecule has 0 bridgehead atoms. The van der Waals surface area contributed by atoms with E-state index in [1.54, 1.807) is 0 Å². The summed E-state index contributed by atoms with van der Waals surface area (Å²) in [7, 11) is -3.27. The third kappa shape index (κ3) is 2.35. The first kappa shape index (κ1) is 9.85. The van der Waals surface area contributed by atoms with Crippen molar-refractivity contribution in [1.29, 1.82) is 0 Å². The molecule has 0 amide bonds. The fourth-order valence-electron chi connectivity index (χ4n) is 0.814. The molecule has 70 valence electrons. The summed E-state index contributed by atoms with van der Waals surface area (Å²) >= 11 is 0. The Labute approximate surface area is 76.5 Å². The van der Waals surface area contributed by atoms with Crippen molar-refractivity contribution in [2.75, 3.05) is 6.26 Å². The van der Waals surface area contributed by atoms with Gasteiger partial charge in [0.05, 0.1) is 4.90 Å². The largest absolute Gasteiger partial charge is 0.294 e. The van der Waals surface area contributed by atoms with Gasteiger partial charge in [-0.15, -0.1) is 0 Å². The Morgan fingerprint density at radius 1 is 1.38 bits per heavy atom. The van der Waals surface area contributed by atoms with Crippen molar-refractivity contribution in [3.05, 3.63) is 24.0 Å². The first-order chi connectivity index (χ1) is 5.91. The lowest BCUT2D eigenvalue weighted by molar-refractivity contribution is 0.101. The molecule has 0 radical (unpaired) electrons. The molecule has 13 heavy (non-hydrogen) atoms. The zero-order chi connectivity index (χ0) is 10.1. The number of hydrogen-bond donors (Lipinski definition) is 0. The van der Waals surface area contributed by atoms with Gasteiger partial charge in [0, 0.05) is 24.2 Å². The van der Waals surface area contributed by atoms with Crippen LogP contribution in [0.5, 0.6) is 0 Å². The van der Waals surface area contributed by atoms with Crippen LogP contribution < -0.4 is 0 Å². The van der Waals surface area contributed by atoms with E-state index in [0.29, 0.717) is 5.56 Å². The predicted molar refractivity (Wildman–Crippen MR) is 47.4 cm³/mol. The van der Waals surface area contributed by atoms with Crippen LogP contribution in [0.1, 0.15) is 17.3 Å². The molecule has 1 aromatic heterocycles. The van der Waals surface area contributed by atoms with Crippen molar-refractivity contribution >= 4 is 15.6 Å². The molecule has 5 heteroatoms. The summed E-state index contributed by atoms with van der Waals surface area (Å²) in [6.07, 6.45) is 3.65. The topological polar surface area (TPSA) is 64.1 Å². The summed E-state index contributed by atoms with van der Waals surface area (Å²) in [5.41, 5.74) is 0.308. The van der Waals surface area contributed by atoms with E-state index >= 15 is 0 Å². The highest BCUT2D eigenvalue weighted by molar-refractivity contribution is 7.90. The van der Waals surface area contributed by atoms with E-state index in [0.717, 1.165) is 6.26 Å². The molecule has 0 aliphatic carbocycles. The molecule has 0 unspecified atom stereocenters. The zero-order valence-corrected chi connectivity index (χ0v) is 8.13. The second kappa shape index (κ2) is 3.26. The monoisotopic (exact) mass is 199 g/mol. The Morgan fingerprint density at radius 3 is 2.46 bits per heavy atom. The Kier molecular flexibility index (Phi) is 2.47. The standard InChI is InChI=1S/C8H9NO3S/c1-6(10)7-3-8(5-9-4-7)13(2,11)12/h3-5H,1-2H3. The molecule has 0 N–H and O–H groups in total. The number of aromatic nitrogens is 1. The molecular formula is C8H9NO3S. The minimum absolute atomic E-state index is 0.0696. The SMILES string of the molecule is CC(=O)c1cncc(S(C)(=O)=O)c1. The van der Waals surface area contributed by atoms with Crippen LogP contribution in [-0.2, 0) is 9.84 Å². The average Bonchev–Trinajstić information content (AvgIpc) is 2.03. The Bertz CT molecular complexity index is 436. The van der Waals surface area contributed by atoms with Gasteiger partial charge in [-0.1, -0.05) is 0 Å². The number of ketones is 1. The number of hydrogen-bond acceptors (Lipinski definition) is 4. The Balaban J connectivity index is 3.29. The smallest absolute Gasteiger partial charge is 0.177 e. The van der Waals surface area contributed by atoms with Crippen LogP contribution in [0.4, 0.5) is 0 Å². The molecule has 1 rings (SSSR count). The number of carbonyl (C=O) groups excluding carboxylic acids is 1. The van der Waals surface area contributed by atoms with Gasteiger partial charge >= 0.3 is 0 Å². The number of carbonyl (C=O) groups is 1. The van der Waals surface area contributed by atoms with Gasteiger partial charge in [0.15, 0.2) is 15.6 Å². The molecular weight excluding hydrogens is 190 g/mol. The van der Waals surface area contributed by atoms with Crippen LogP contribution in [0.2, 0.25) is 0 Å². The Hall–Kier alpha value is -1.23. The Morgan fingerprint density at radius 2 is 2.00 bits per heavy atom. The highest BCUT2D eigenvalue weighted by Crippen LogP contribution is 2.09. The molecule has 0 aromatic carbocycles. The zero-order valence-electron chi connectivity index (χ0n) is 7.31. The lowest BCUT2D eigenvalue weighted by atomic mass is 10.2. The van der Waals surface area contributed by atoms with Gasteiger partial charge in [0.2, 0.25) is 0 Å². The fourth-order valence-corrected chi connectivity index (χ4v) is 1.41. The maximum absolute atomic E-state index is 11.1. The second-order valence-corrected chi connectivity index (χ2v) is 4.75. The first-order valence-corrected chi connectivity index (χ1v) is 5.46. The van der Waals surface area contributed by atoms with Crippen molar-refractivity contribution in [3.8, 4) is 0 Å². The molecule has 4 nitrogen and oxygen atoms in total. The maximum atomic E-state index is 11.1. The molecule has 0 fully saturated rings. The number of Topliss-reactive ketones (excluding diaryl/α,β-unsaturated/α-hetero) is 1. The summed E-state index contributed by atoms with van der Waals surface area (Å²) in [5, 5.41) is 0. The minimum atomic E-state index is -3.27. The first-order valence-electron chi connectivity index (χ1n) is 3.57. The lowest BCUT2D eigenvalue weighted by Crippen LogP contribution is -2.01. The van der Waals surface area contributed by atoms with Gasteiger partial charge in [-0.2, -0.15) is 0 Å². The second-order valence-electron chi connectivity index (χ2n) is 2.74. The lowest BCUT2D eigenvalue weighted by Gasteiger charge is -1.98. The third-order valence-corrected chi connectivity index (χ3v) is 2.63. The van der Waals surface area contributed by atoms with Crippen molar-refractivity contribution in [3.63, 3.8) is 0 Å². The highest BCUT2D eigenvalue weighted by Gasteiger charge is 2.09. The van der Waals surface area contributed by atoms with E-state index in [1.807, 2.05) is 0 Å². The molecule has 0 spiro atoms. The molecule has 0 aliphatic rings. The van der Waals surface area contributed by atoms with Crippen molar-refractivity contribution in [2.24, 2.45) is 0 Å². The average molecular weight is 199 g/mol. The summed E-state index contributed by atoms with van der Waals surface area (Å²) < 4.78 is 22.1. The van der Waals surface area contributed by atoms with E-state index in [2.05, 4.69) is 4.98 Å². The summed E-state index contributed by atoms with van der Waals surface area (Å²) in [4.78, 5) is 14.6. The summed E-state index contributed by atoms with van der Waals surface area (Å²) in [6, 6.07) is 1.32. The van der Waals surface area contributed by atoms with E-state index in [1.165, 1.54) is 25.4 Å². The van der Waals surface area contributed by atoms with Gasteiger partial charge in [-0.3, -0.25) is 9.78 Å². The van der Waals surface area contributed by atoms with E-state index in [9.17, 15) is 13.2 Å². The minimum Gasteiger partial charge on any atom is -0.294 e. The third-order valence-electron chi connectivity index (χ3n) is 1.55. The van der Waals surface area contributed by atoms with Gasteiger partial charge < -0.3 is 0 Å². The van der Waals surface area contributed by atoms with Crippen LogP contribution in [0.3, 0.4) is 0 Å². The molecule has 0 atom stereocenters. The number of nitrogens with zero attached hydrogens (tertiary/aromatic N) is 1.